The quantitative estimate of drug-likeness (QED) is 0.761. The van der Waals surface area contributed by atoms with Crippen molar-refractivity contribution >= 4 is 0 Å². The first-order valence-corrected chi connectivity index (χ1v) is 5.66. The van der Waals surface area contributed by atoms with Crippen molar-refractivity contribution in [3.05, 3.63) is 24.2 Å². The Kier molecular flexibility index (Phi) is 1.94. The third kappa shape index (κ3) is 1.34. The van der Waals surface area contributed by atoms with Gasteiger partial charge in [0, 0.05) is 17.6 Å². The predicted molar refractivity (Wildman–Crippen MR) is 56.4 cm³/mol. The van der Waals surface area contributed by atoms with E-state index in [1.807, 2.05) is 6.07 Å². The predicted octanol–water partition coefficient (Wildman–Crippen LogP) is 1.72. The van der Waals surface area contributed by atoms with Gasteiger partial charge in [-0.25, -0.2) is 0 Å². The zero-order valence-corrected chi connectivity index (χ0v) is 9.02. The molecule has 2 unspecified atom stereocenters. The van der Waals surface area contributed by atoms with E-state index >= 15 is 0 Å². The fourth-order valence-electron chi connectivity index (χ4n) is 3.21. The van der Waals surface area contributed by atoms with Crippen molar-refractivity contribution in [2.75, 3.05) is 7.05 Å². The summed E-state index contributed by atoms with van der Waals surface area (Å²) < 4.78 is 5.08. The first kappa shape index (κ1) is 9.43. The normalized spacial score (nSPS) is 40.9. The van der Waals surface area contributed by atoms with E-state index in [0.717, 1.165) is 18.4 Å². The third-order valence-corrected chi connectivity index (χ3v) is 4.19. The molecule has 1 aromatic rings. The molecule has 0 saturated carbocycles. The third-order valence-electron chi connectivity index (χ3n) is 4.19. The van der Waals surface area contributed by atoms with E-state index in [1.165, 1.54) is 12.8 Å². The number of hydrogen-bond donors (Lipinski definition) is 1. The summed E-state index contributed by atoms with van der Waals surface area (Å²) in [7, 11) is 2.18. The van der Waals surface area contributed by atoms with Crippen molar-refractivity contribution in [1.29, 1.82) is 0 Å². The number of rotatable bonds is 1. The Bertz CT molecular complexity index is 333. The van der Waals surface area contributed by atoms with E-state index in [4.69, 9.17) is 4.42 Å². The Morgan fingerprint density at radius 1 is 1.40 bits per heavy atom. The average Bonchev–Trinajstić information content (AvgIpc) is 2.79. The van der Waals surface area contributed by atoms with Crippen LogP contribution >= 0.6 is 0 Å². The van der Waals surface area contributed by atoms with Gasteiger partial charge in [0.15, 0.2) is 0 Å². The van der Waals surface area contributed by atoms with Gasteiger partial charge in [-0.1, -0.05) is 0 Å². The van der Waals surface area contributed by atoms with Crippen LogP contribution in [0.3, 0.4) is 0 Å². The molecule has 0 amide bonds. The number of piperidine rings is 1. The summed E-state index contributed by atoms with van der Waals surface area (Å²) in [5, 5.41) is 10.6. The summed E-state index contributed by atoms with van der Waals surface area (Å²) >= 11 is 0. The van der Waals surface area contributed by atoms with E-state index in [0.29, 0.717) is 12.1 Å². The molecule has 2 aliphatic heterocycles. The first-order valence-electron chi connectivity index (χ1n) is 5.66. The van der Waals surface area contributed by atoms with Crippen molar-refractivity contribution in [1.82, 2.24) is 4.90 Å². The standard InChI is InChI=1S/C12H17NO2/c1-13-10-2-3-11(13)7-12(14,6-10)9-4-5-15-8-9/h4-5,8,10-11,14H,2-3,6-7H2,1H3. The van der Waals surface area contributed by atoms with Crippen LogP contribution in [0.1, 0.15) is 31.2 Å². The first-order chi connectivity index (χ1) is 7.19. The molecule has 82 valence electrons. The van der Waals surface area contributed by atoms with Gasteiger partial charge in [-0.05, 0) is 38.8 Å². The molecule has 0 spiro atoms. The lowest BCUT2D eigenvalue weighted by Crippen LogP contribution is -2.47. The Balaban J connectivity index is 1.90. The highest BCUT2D eigenvalue weighted by Crippen LogP contribution is 2.44. The summed E-state index contributed by atoms with van der Waals surface area (Å²) in [4.78, 5) is 2.43. The van der Waals surface area contributed by atoms with Crippen LogP contribution in [0.5, 0.6) is 0 Å². The molecule has 0 radical (unpaired) electrons. The maximum absolute atomic E-state index is 10.6. The smallest absolute Gasteiger partial charge is 0.0963 e. The largest absolute Gasteiger partial charge is 0.472 e. The second-order valence-electron chi connectivity index (χ2n) is 5.00. The molecule has 3 heteroatoms. The Morgan fingerprint density at radius 3 is 2.60 bits per heavy atom. The van der Waals surface area contributed by atoms with Crippen molar-refractivity contribution in [2.24, 2.45) is 0 Å². The minimum atomic E-state index is -0.647. The van der Waals surface area contributed by atoms with E-state index < -0.39 is 5.60 Å². The van der Waals surface area contributed by atoms with Gasteiger partial charge in [-0.3, -0.25) is 0 Å². The number of hydrogen-bond acceptors (Lipinski definition) is 3. The van der Waals surface area contributed by atoms with Crippen LogP contribution in [0.2, 0.25) is 0 Å². The minimum absolute atomic E-state index is 0.545. The number of fused-ring (bicyclic) bond motifs is 2. The fraction of sp³-hybridized carbons (Fsp3) is 0.667. The summed E-state index contributed by atoms with van der Waals surface area (Å²) in [6.07, 6.45) is 7.47. The molecule has 3 rings (SSSR count). The molecule has 2 bridgehead atoms. The topological polar surface area (TPSA) is 36.6 Å². The fourth-order valence-corrected chi connectivity index (χ4v) is 3.21. The lowest BCUT2D eigenvalue weighted by atomic mass is 9.82. The van der Waals surface area contributed by atoms with Crippen LogP contribution in [0.15, 0.2) is 23.0 Å². The second-order valence-corrected chi connectivity index (χ2v) is 5.00. The van der Waals surface area contributed by atoms with Crippen LogP contribution in [-0.2, 0) is 5.60 Å². The number of nitrogens with zero attached hydrogens (tertiary/aromatic N) is 1. The molecule has 1 aromatic heterocycles. The molecule has 2 atom stereocenters. The summed E-state index contributed by atoms with van der Waals surface area (Å²) in [5.74, 6) is 0. The molecule has 1 N–H and O–H groups in total. The molecule has 15 heavy (non-hydrogen) atoms. The zero-order valence-electron chi connectivity index (χ0n) is 9.02. The maximum atomic E-state index is 10.6. The van der Waals surface area contributed by atoms with Gasteiger partial charge in [-0.2, -0.15) is 0 Å². The van der Waals surface area contributed by atoms with Gasteiger partial charge in [0.1, 0.15) is 0 Å². The number of furan rings is 1. The highest BCUT2D eigenvalue weighted by atomic mass is 16.3. The molecule has 2 aliphatic rings. The number of aliphatic hydroxyl groups is 1. The van der Waals surface area contributed by atoms with Crippen LogP contribution in [-0.4, -0.2) is 29.1 Å². The summed E-state index contributed by atoms with van der Waals surface area (Å²) in [6.45, 7) is 0. The molecule has 0 aromatic carbocycles. The van der Waals surface area contributed by atoms with Gasteiger partial charge in [0.25, 0.3) is 0 Å². The monoisotopic (exact) mass is 207 g/mol. The summed E-state index contributed by atoms with van der Waals surface area (Å²) in [6, 6.07) is 2.98. The van der Waals surface area contributed by atoms with Crippen molar-refractivity contribution in [3.63, 3.8) is 0 Å². The molecule has 3 heterocycles. The Morgan fingerprint density at radius 2 is 2.07 bits per heavy atom. The summed E-state index contributed by atoms with van der Waals surface area (Å²) in [5.41, 5.74) is 0.304. The van der Waals surface area contributed by atoms with E-state index in [1.54, 1.807) is 12.5 Å². The van der Waals surface area contributed by atoms with Crippen LogP contribution in [0.25, 0.3) is 0 Å². The molecule has 0 aliphatic carbocycles. The molecular formula is C12H17NO2. The van der Waals surface area contributed by atoms with E-state index in [-0.39, 0.29) is 0 Å². The second kappa shape index (κ2) is 3.09. The zero-order chi connectivity index (χ0) is 10.5. The Hall–Kier alpha value is -0.800. The van der Waals surface area contributed by atoms with Crippen LogP contribution < -0.4 is 0 Å². The Labute approximate surface area is 89.7 Å². The highest BCUT2D eigenvalue weighted by molar-refractivity contribution is 5.20. The average molecular weight is 207 g/mol. The maximum Gasteiger partial charge on any atom is 0.0963 e. The minimum Gasteiger partial charge on any atom is -0.472 e. The molecule has 2 fully saturated rings. The van der Waals surface area contributed by atoms with Crippen molar-refractivity contribution < 1.29 is 9.52 Å². The van der Waals surface area contributed by atoms with Gasteiger partial charge in [0.2, 0.25) is 0 Å². The van der Waals surface area contributed by atoms with Gasteiger partial charge in [-0.15, -0.1) is 0 Å². The van der Waals surface area contributed by atoms with Crippen molar-refractivity contribution in [3.8, 4) is 0 Å². The molecular weight excluding hydrogens is 190 g/mol. The van der Waals surface area contributed by atoms with E-state index in [9.17, 15) is 5.11 Å². The van der Waals surface area contributed by atoms with Gasteiger partial charge < -0.3 is 14.4 Å². The lowest BCUT2D eigenvalue weighted by Gasteiger charge is -2.41. The van der Waals surface area contributed by atoms with Crippen LogP contribution in [0, 0.1) is 0 Å². The van der Waals surface area contributed by atoms with Crippen molar-refractivity contribution in [2.45, 2.75) is 43.4 Å². The lowest BCUT2D eigenvalue weighted by molar-refractivity contribution is -0.0496. The van der Waals surface area contributed by atoms with E-state index in [2.05, 4.69) is 11.9 Å². The molecule has 3 nitrogen and oxygen atoms in total. The van der Waals surface area contributed by atoms with Crippen LogP contribution in [0.4, 0.5) is 0 Å². The van der Waals surface area contributed by atoms with Gasteiger partial charge >= 0.3 is 0 Å². The SMILES string of the molecule is CN1C2CCC1CC(O)(c1ccoc1)C2. The molecule has 2 saturated heterocycles. The van der Waals surface area contributed by atoms with Gasteiger partial charge in [0.05, 0.1) is 18.1 Å². The highest BCUT2D eigenvalue weighted by Gasteiger charge is 2.47.